The smallest absolute Gasteiger partial charge is 0.161 e. The van der Waals surface area contributed by atoms with Crippen molar-refractivity contribution in [2.45, 2.75) is 37.9 Å². The fourth-order valence-electron chi connectivity index (χ4n) is 3.06. The number of fused-ring (bicyclic) bond motifs is 1. The second-order valence-electron chi connectivity index (χ2n) is 5.80. The second kappa shape index (κ2) is 7.15. The van der Waals surface area contributed by atoms with Gasteiger partial charge in [-0.3, -0.25) is 0 Å². The van der Waals surface area contributed by atoms with Crippen LogP contribution in [0.2, 0.25) is 0 Å². The molecule has 1 aliphatic rings. The van der Waals surface area contributed by atoms with Crippen LogP contribution in [0.5, 0.6) is 11.5 Å². The third-order valence-electron chi connectivity index (χ3n) is 4.62. The number of benzene rings is 1. The van der Waals surface area contributed by atoms with Crippen LogP contribution in [0, 0.1) is 5.92 Å². The van der Waals surface area contributed by atoms with Gasteiger partial charge in [0.15, 0.2) is 11.5 Å². The average molecular weight is 329 g/mol. The highest BCUT2D eigenvalue weighted by Crippen LogP contribution is 2.50. The normalized spacial score (nSPS) is 23.1. The van der Waals surface area contributed by atoms with Crippen LogP contribution in [0.1, 0.15) is 37.8 Å². The molecular weight excluding hydrogens is 304 g/mol. The molecule has 0 radical (unpaired) electrons. The number of rotatable bonds is 5. The summed E-state index contributed by atoms with van der Waals surface area (Å²) in [5.74, 6) is 4.07. The van der Waals surface area contributed by atoms with Gasteiger partial charge >= 0.3 is 0 Å². The molecule has 2 unspecified atom stereocenters. The Hall–Kier alpha value is -0.540. The van der Waals surface area contributed by atoms with Gasteiger partial charge in [-0.2, -0.15) is 11.8 Å². The van der Waals surface area contributed by atoms with E-state index < -0.39 is 0 Å². The van der Waals surface area contributed by atoms with Gasteiger partial charge in [0.2, 0.25) is 0 Å². The SMILES string of the molecule is COc1cc2c(cc1OC)C(C)(C(C)CCCl)SCCC2. The molecule has 1 heterocycles. The fourth-order valence-corrected chi connectivity index (χ4v) is 4.85. The predicted octanol–water partition coefficient (Wildman–Crippen LogP) is 4.86. The highest BCUT2D eigenvalue weighted by atomic mass is 35.5. The van der Waals surface area contributed by atoms with E-state index in [1.807, 2.05) is 0 Å². The largest absolute Gasteiger partial charge is 0.493 e. The van der Waals surface area contributed by atoms with Crippen LogP contribution in [-0.2, 0) is 11.2 Å². The van der Waals surface area contributed by atoms with E-state index in [9.17, 15) is 0 Å². The van der Waals surface area contributed by atoms with Crippen molar-refractivity contribution in [2.24, 2.45) is 5.92 Å². The molecule has 2 atom stereocenters. The van der Waals surface area contributed by atoms with Crippen molar-refractivity contribution in [1.82, 2.24) is 0 Å². The number of alkyl halides is 1. The molecule has 0 saturated heterocycles. The molecule has 0 N–H and O–H groups in total. The first-order valence-electron chi connectivity index (χ1n) is 7.52. The third kappa shape index (κ3) is 3.29. The first-order valence-corrected chi connectivity index (χ1v) is 9.04. The monoisotopic (exact) mass is 328 g/mol. The van der Waals surface area contributed by atoms with Crippen molar-refractivity contribution in [3.05, 3.63) is 23.3 Å². The van der Waals surface area contributed by atoms with E-state index in [1.165, 1.54) is 23.3 Å². The quantitative estimate of drug-likeness (QED) is 0.719. The van der Waals surface area contributed by atoms with Crippen molar-refractivity contribution in [3.63, 3.8) is 0 Å². The van der Waals surface area contributed by atoms with E-state index in [0.717, 1.165) is 24.3 Å². The minimum Gasteiger partial charge on any atom is -0.493 e. The highest BCUT2D eigenvalue weighted by molar-refractivity contribution is 8.00. The van der Waals surface area contributed by atoms with Crippen molar-refractivity contribution in [2.75, 3.05) is 25.9 Å². The predicted molar refractivity (Wildman–Crippen MR) is 92.2 cm³/mol. The van der Waals surface area contributed by atoms with Crippen LogP contribution in [0.15, 0.2) is 12.1 Å². The maximum atomic E-state index is 6.00. The number of methoxy groups -OCH3 is 2. The minimum atomic E-state index is 0.0836. The summed E-state index contributed by atoms with van der Waals surface area (Å²) in [6.45, 7) is 4.66. The van der Waals surface area contributed by atoms with Crippen molar-refractivity contribution in [1.29, 1.82) is 0 Å². The Morgan fingerprint density at radius 2 is 1.95 bits per heavy atom. The van der Waals surface area contributed by atoms with E-state index >= 15 is 0 Å². The second-order valence-corrected chi connectivity index (χ2v) is 7.73. The number of halogens is 1. The highest BCUT2D eigenvalue weighted by Gasteiger charge is 2.37. The zero-order chi connectivity index (χ0) is 15.5. The first kappa shape index (κ1) is 16.8. The molecule has 21 heavy (non-hydrogen) atoms. The molecule has 2 rings (SSSR count). The van der Waals surface area contributed by atoms with E-state index in [1.54, 1.807) is 14.2 Å². The van der Waals surface area contributed by atoms with Crippen LogP contribution < -0.4 is 9.47 Å². The van der Waals surface area contributed by atoms with Crippen LogP contribution in [0.4, 0.5) is 0 Å². The van der Waals surface area contributed by atoms with Gasteiger partial charge in [-0.25, -0.2) is 0 Å². The molecular formula is C17H25ClO2S. The molecule has 0 spiro atoms. The van der Waals surface area contributed by atoms with Crippen LogP contribution in [0.25, 0.3) is 0 Å². The number of hydrogen-bond acceptors (Lipinski definition) is 3. The summed E-state index contributed by atoms with van der Waals surface area (Å²) in [7, 11) is 3.40. The van der Waals surface area contributed by atoms with E-state index in [4.69, 9.17) is 21.1 Å². The van der Waals surface area contributed by atoms with Gasteiger partial charge in [-0.1, -0.05) is 6.92 Å². The van der Waals surface area contributed by atoms with E-state index in [-0.39, 0.29) is 4.75 Å². The van der Waals surface area contributed by atoms with Crippen molar-refractivity contribution in [3.8, 4) is 11.5 Å². The van der Waals surface area contributed by atoms with Gasteiger partial charge in [0, 0.05) is 10.6 Å². The lowest BCUT2D eigenvalue weighted by Gasteiger charge is -2.36. The summed E-state index contributed by atoms with van der Waals surface area (Å²) in [5.41, 5.74) is 2.78. The number of aryl methyl sites for hydroxylation is 1. The third-order valence-corrected chi connectivity index (χ3v) is 6.55. The molecule has 2 nitrogen and oxygen atoms in total. The lowest BCUT2D eigenvalue weighted by molar-refractivity contribution is 0.352. The Labute approximate surface area is 137 Å². The summed E-state index contributed by atoms with van der Waals surface area (Å²) < 4.78 is 11.1. The van der Waals surface area contributed by atoms with Crippen LogP contribution in [0.3, 0.4) is 0 Å². The number of thioether (sulfide) groups is 1. The van der Waals surface area contributed by atoms with Crippen molar-refractivity contribution < 1.29 is 9.47 Å². The van der Waals surface area contributed by atoms with E-state index in [0.29, 0.717) is 11.8 Å². The standard InChI is InChI=1S/C17H25ClO2S/c1-12(7-8-18)17(2)14-11-16(20-4)15(19-3)10-13(14)6-5-9-21-17/h10-12H,5-9H2,1-4H3. The van der Waals surface area contributed by atoms with Crippen molar-refractivity contribution >= 4 is 23.4 Å². The van der Waals surface area contributed by atoms with Gasteiger partial charge < -0.3 is 9.47 Å². The van der Waals surface area contributed by atoms with Gasteiger partial charge in [0.25, 0.3) is 0 Å². The molecule has 1 aromatic rings. The topological polar surface area (TPSA) is 18.5 Å². The van der Waals surface area contributed by atoms with Crippen LogP contribution in [-0.4, -0.2) is 25.9 Å². The average Bonchev–Trinajstić information content (AvgIpc) is 2.66. The maximum absolute atomic E-state index is 6.00. The summed E-state index contributed by atoms with van der Waals surface area (Å²) in [5, 5.41) is 0. The Morgan fingerprint density at radius 1 is 1.29 bits per heavy atom. The molecule has 0 saturated carbocycles. The van der Waals surface area contributed by atoms with E-state index in [2.05, 4.69) is 37.7 Å². The first-order chi connectivity index (χ1) is 10.1. The summed E-state index contributed by atoms with van der Waals surface area (Å²) in [6.07, 6.45) is 3.33. The number of ether oxygens (including phenoxy) is 2. The Balaban J connectivity index is 2.53. The van der Waals surface area contributed by atoms with Gasteiger partial charge in [-0.15, -0.1) is 11.6 Å². The summed E-state index contributed by atoms with van der Waals surface area (Å²) in [4.78, 5) is 0. The molecule has 0 aromatic heterocycles. The molecule has 118 valence electrons. The molecule has 1 aromatic carbocycles. The molecule has 1 aliphatic heterocycles. The van der Waals surface area contributed by atoms with Gasteiger partial charge in [-0.05, 0) is 61.1 Å². The van der Waals surface area contributed by atoms with Gasteiger partial charge in [0.1, 0.15) is 0 Å². The Kier molecular flexibility index (Phi) is 5.73. The zero-order valence-corrected chi connectivity index (χ0v) is 14.9. The Bertz CT molecular complexity index is 492. The molecule has 0 bridgehead atoms. The van der Waals surface area contributed by atoms with Crippen LogP contribution >= 0.6 is 23.4 Å². The molecule has 0 fully saturated rings. The molecule has 4 heteroatoms. The summed E-state index contributed by atoms with van der Waals surface area (Å²) >= 11 is 8.05. The maximum Gasteiger partial charge on any atom is 0.161 e. The minimum absolute atomic E-state index is 0.0836. The fraction of sp³-hybridized carbons (Fsp3) is 0.647. The molecule has 0 amide bonds. The molecule has 0 aliphatic carbocycles. The zero-order valence-electron chi connectivity index (χ0n) is 13.4. The lowest BCUT2D eigenvalue weighted by Crippen LogP contribution is -2.28. The lowest BCUT2D eigenvalue weighted by atomic mass is 9.82. The Morgan fingerprint density at radius 3 is 2.57 bits per heavy atom. The number of hydrogen-bond donors (Lipinski definition) is 0. The van der Waals surface area contributed by atoms with Gasteiger partial charge in [0.05, 0.1) is 14.2 Å². The summed E-state index contributed by atoms with van der Waals surface area (Å²) in [6, 6.07) is 4.34.